The van der Waals surface area contributed by atoms with Crippen LogP contribution in [0.15, 0.2) is 117 Å². The van der Waals surface area contributed by atoms with E-state index in [0.717, 1.165) is 104 Å². The van der Waals surface area contributed by atoms with Crippen molar-refractivity contribution in [3.8, 4) is 0 Å². The third-order valence-corrected chi connectivity index (χ3v) is 16.7. The van der Waals surface area contributed by atoms with Gasteiger partial charge in [0.25, 0.3) is 0 Å². The maximum absolute atomic E-state index is 13.4. The molecule has 12 heterocycles. The summed E-state index contributed by atoms with van der Waals surface area (Å²) in [5.74, 6) is -0.908. The van der Waals surface area contributed by atoms with Crippen molar-refractivity contribution in [3.63, 3.8) is 0 Å². The first-order valence-electron chi connectivity index (χ1n) is 25.6. The van der Waals surface area contributed by atoms with Gasteiger partial charge < -0.3 is 62.1 Å². The standard InChI is InChI=1S/C52H72N12O8S2/c65-49-37-53-21-1-25-61-29-31-62(32-30-61)26-2-22-54-38-50(66)58-42-9-17-47(18-10-42)74(71,72)48-19-11-44(12-20-48)60-52(68)40-56-24-4-28-64-35-33-63(34-36-64)27-3-23-55-39-51(67)59-43-7-15-46(16-8-43)73(69,70)45-13-5-41(57-49)6-14-45/h5-20,53-56H,1-4,21-40H2,(H,57,65)(H,58,66)(H,59,67)(H,60,68). The molecular weight excluding hydrogens is 985 g/mol. The molecule has 8 N–H and O–H groups in total. The quantitative estimate of drug-likeness (QED) is 0.126. The molecule has 0 aromatic heterocycles. The van der Waals surface area contributed by atoms with E-state index < -0.39 is 19.7 Å². The van der Waals surface area contributed by atoms with Crippen LogP contribution in [0.5, 0.6) is 0 Å². The second-order valence-electron chi connectivity index (χ2n) is 18.8. The van der Waals surface area contributed by atoms with Crippen LogP contribution in [0.4, 0.5) is 22.7 Å². The van der Waals surface area contributed by atoms with E-state index in [9.17, 15) is 36.0 Å². The number of hydrogen-bond donors (Lipinski definition) is 8. The van der Waals surface area contributed by atoms with Crippen molar-refractivity contribution >= 4 is 66.1 Å². The monoisotopic (exact) mass is 1060 g/mol. The maximum Gasteiger partial charge on any atom is 0.238 e. The highest BCUT2D eigenvalue weighted by Gasteiger charge is 2.21. The molecular formula is C52H72N12O8S2. The van der Waals surface area contributed by atoms with Crippen molar-refractivity contribution in [2.45, 2.75) is 45.3 Å². The Morgan fingerprint density at radius 3 is 0.662 bits per heavy atom. The van der Waals surface area contributed by atoms with Gasteiger partial charge in [-0.05, 0) is 175 Å². The molecule has 400 valence electrons. The maximum atomic E-state index is 13.4. The van der Waals surface area contributed by atoms with Gasteiger partial charge in [0.05, 0.1) is 45.8 Å². The summed E-state index contributed by atoms with van der Waals surface area (Å²) in [5, 5.41) is 24.1. The third kappa shape index (κ3) is 17.7. The van der Waals surface area contributed by atoms with Gasteiger partial charge >= 0.3 is 0 Å². The smallest absolute Gasteiger partial charge is 0.238 e. The van der Waals surface area contributed by atoms with Gasteiger partial charge in [-0.3, -0.25) is 19.2 Å². The van der Waals surface area contributed by atoms with Crippen molar-refractivity contribution in [1.29, 1.82) is 0 Å². The van der Waals surface area contributed by atoms with Crippen molar-refractivity contribution in [2.24, 2.45) is 0 Å². The van der Waals surface area contributed by atoms with E-state index in [1.807, 2.05) is 0 Å². The summed E-state index contributed by atoms with van der Waals surface area (Å²) in [6.07, 6.45) is 3.53. The summed E-state index contributed by atoms with van der Waals surface area (Å²) >= 11 is 0. The number of rotatable bonds is 0. The zero-order chi connectivity index (χ0) is 52.2. The molecule has 20 nitrogen and oxygen atoms in total. The minimum Gasteiger partial charge on any atom is -0.325 e. The van der Waals surface area contributed by atoms with Crippen LogP contribution in [-0.4, -0.2) is 191 Å². The molecule has 4 aromatic rings. The highest BCUT2D eigenvalue weighted by molar-refractivity contribution is 7.91. The lowest BCUT2D eigenvalue weighted by atomic mass is 10.2. The molecule has 22 heteroatoms. The molecule has 4 amide bonds. The lowest BCUT2D eigenvalue weighted by Gasteiger charge is -2.34. The molecule has 0 unspecified atom stereocenters. The SMILES string of the molecule is O=C1CNCCCN2CCN(CCCNCC(=O)Nc3ccc(cc3)S(=O)(=O)c3ccc(cc3)NC(=O)CNCCCN3CCN(CCCNCC(=O)Nc4ccc(cc4)S(=O)(=O)c4ccc(cc4)N1)CC3)CC2. The van der Waals surface area contributed by atoms with Gasteiger partial charge in [-0.2, -0.15) is 0 Å². The third-order valence-electron chi connectivity index (χ3n) is 13.2. The normalized spacial score (nSPS) is 24.2. The predicted molar refractivity (Wildman–Crippen MR) is 287 cm³/mol. The second-order valence-corrected chi connectivity index (χ2v) is 22.7. The van der Waals surface area contributed by atoms with Crippen LogP contribution in [0.3, 0.4) is 0 Å². The summed E-state index contributed by atoms with van der Waals surface area (Å²) < 4.78 is 53.6. The number of anilines is 4. The summed E-state index contributed by atoms with van der Waals surface area (Å²) in [6, 6.07) is 24.3. The Bertz CT molecular complexity index is 2310. The Morgan fingerprint density at radius 1 is 0.284 bits per heavy atom. The van der Waals surface area contributed by atoms with Crippen molar-refractivity contribution in [3.05, 3.63) is 97.1 Å². The second kappa shape index (κ2) is 28.3. The Morgan fingerprint density at radius 2 is 0.473 bits per heavy atom. The first kappa shape index (κ1) is 56.1. The molecule has 16 rings (SSSR count). The number of nitrogens with one attached hydrogen (secondary N) is 8. The van der Waals surface area contributed by atoms with Crippen LogP contribution in [0, 0.1) is 0 Å². The van der Waals surface area contributed by atoms with Gasteiger partial charge in [0.15, 0.2) is 0 Å². The first-order valence-corrected chi connectivity index (χ1v) is 28.6. The molecule has 0 radical (unpaired) electrons. The molecule has 12 bridgehead atoms. The highest BCUT2D eigenvalue weighted by atomic mass is 32.2. The van der Waals surface area contributed by atoms with E-state index in [1.165, 1.54) is 48.5 Å². The van der Waals surface area contributed by atoms with Crippen LogP contribution < -0.4 is 42.5 Å². The zero-order valence-corrected chi connectivity index (χ0v) is 43.7. The van der Waals surface area contributed by atoms with E-state index in [4.69, 9.17) is 0 Å². The van der Waals surface area contributed by atoms with Gasteiger partial charge in [-0.15, -0.1) is 0 Å². The van der Waals surface area contributed by atoms with E-state index in [2.05, 4.69) is 62.1 Å². The highest BCUT2D eigenvalue weighted by Crippen LogP contribution is 2.25. The van der Waals surface area contributed by atoms with E-state index in [0.29, 0.717) is 48.9 Å². The van der Waals surface area contributed by atoms with Crippen LogP contribution in [0.2, 0.25) is 0 Å². The number of carbonyl (C=O) groups is 4. The summed E-state index contributed by atoms with van der Waals surface area (Å²) in [5.41, 5.74) is 1.95. The van der Waals surface area contributed by atoms with Crippen LogP contribution >= 0.6 is 0 Å². The molecule has 2 saturated heterocycles. The lowest BCUT2D eigenvalue weighted by molar-refractivity contribution is -0.116. The van der Waals surface area contributed by atoms with Crippen molar-refractivity contribution in [2.75, 3.05) is 152 Å². The largest absolute Gasteiger partial charge is 0.325 e. The molecule has 74 heavy (non-hydrogen) atoms. The molecule has 4 aromatic carbocycles. The van der Waals surface area contributed by atoms with Gasteiger partial charge in [0.1, 0.15) is 0 Å². The van der Waals surface area contributed by atoms with Crippen LogP contribution in [0.1, 0.15) is 25.7 Å². The number of carbonyl (C=O) groups excluding carboxylic acids is 4. The number of amides is 4. The topological polar surface area (TPSA) is 246 Å². The van der Waals surface area contributed by atoms with Crippen molar-refractivity contribution < 1.29 is 36.0 Å². The van der Waals surface area contributed by atoms with Gasteiger partial charge in [0.2, 0.25) is 43.3 Å². The van der Waals surface area contributed by atoms with Crippen LogP contribution in [0.25, 0.3) is 0 Å². The Balaban J connectivity index is 0.859. The van der Waals surface area contributed by atoms with E-state index >= 15 is 0 Å². The molecule has 0 aliphatic carbocycles. The molecule has 12 aliphatic heterocycles. The summed E-state index contributed by atoms with van der Waals surface area (Å²) in [6.45, 7) is 14.4. The summed E-state index contributed by atoms with van der Waals surface area (Å²) in [7, 11) is -7.67. The fourth-order valence-corrected chi connectivity index (χ4v) is 11.5. The van der Waals surface area contributed by atoms with Gasteiger partial charge in [-0.1, -0.05) is 0 Å². The van der Waals surface area contributed by atoms with Crippen LogP contribution in [-0.2, 0) is 38.9 Å². The lowest BCUT2D eigenvalue weighted by Crippen LogP contribution is -2.47. The van der Waals surface area contributed by atoms with E-state index in [1.54, 1.807) is 48.5 Å². The first-order chi connectivity index (χ1) is 35.8. The van der Waals surface area contributed by atoms with Gasteiger partial charge in [-0.25, -0.2) is 16.8 Å². The average Bonchev–Trinajstić information content (AvgIpc) is 3.39. The minimum absolute atomic E-state index is 0.0870. The Hall–Kier alpha value is -5.66. The number of nitrogens with zero attached hydrogens (tertiary/aromatic N) is 4. The number of sulfone groups is 2. The minimum atomic E-state index is -3.84. The number of benzene rings is 4. The number of piperazine rings is 2. The molecule has 2 fully saturated rings. The average molecular weight is 1060 g/mol. The van der Waals surface area contributed by atoms with E-state index in [-0.39, 0.29) is 69.4 Å². The fourth-order valence-electron chi connectivity index (χ4n) is 8.95. The molecule has 0 saturated carbocycles. The Labute approximate surface area is 435 Å². The summed E-state index contributed by atoms with van der Waals surface area (Å²) in [4.78, 5) is 60.6. The zero-order valence-electron chi connectivity index (χ0n) is 42.1. The number of hydrogen-bond acceptors (Lipinski definition) is 16. The molecule has 12 aliphatic rings. The fraction of sp³-hybridized carbons (Fsp3) is 0.462. The molecule has 0 spiro atoms. The van der Waals surface area contributed by atoms with Gasteiger partial charge in [0, 0.05) is 75.1 Å². The predicted octanol–water partition coefficient (Wildman–Crippen LogP) is 1.97. The Kier molecular flexibility index (Phi) is 21.4. The molecule has 0 atom stereocenters. The van der Waals surface area contributed by atoms with Crippen molar-refractivity contribution in [1.82, 2.24) is 40.9 Å².